The molecule has 0 amide bonds. The Morgan fingerprint density at radius 3 is 1.86 bits per heavy atom. The summed E-state index contributed by atoms with van der Waals surface area (Å²) in [5, 5.41) is 0. The zero-order chi connectivity index (χ0) is 13.9. The molecule has 0 bridgehead atoms. The average molecular weight is 363 g/mol. The predicted octanol–water partition coefficient (Wildman–Crippen LogP) is 6.57. The summed E-state index contributed by atoms with van der Waals surface area (Å²) in [7, 11) is 0. The summed E-state index contributed by atoms with van der Waals surface area (Å²) in [6.07, 6.45) is 4.97. The summed E-state index contributed by atoms with van der Waals surface area (Å²) >= 11 is -1.86. The Labute approximate surface area is 146 Å². The van der Waals surface area contributed by atoms with Crippen LogP contribution >= 0.6 is 24.8 Å². The van der Waals surface area contributed by atoms with Gasteiger partial charge in [0, 0.05) is 0 Å². The SMILES string of the molecule is CC1=CC(C)[C]([Ti]2([C]3=C(C)C=C(C)C3C)[CH2][CH2]2)=C1C.Cl.Cl. The zero-order valence-electron chi connectivity index (χ0n) is 14.0. The fourth-order valence-electron chi connectivity index (χ4n) is 4.65. The van der Waals surface area contributed by atoms with Crippen LogP contribution in [0.5, 0.6) is 0 Å². The molecular formula is C18H28Cl2Ti. The van der Waals surface area contributed by atoms with Gasteiger partial charge in [-0.15, -0.1) is 24.8 Å². The summed E-state index contributed by atoms with van der Waals surface area (Å²) in [6, 6.07) is 0. The molecule has 0 N–H and O–H groups in total. The van der Waals surface area contributed by atoms with Crippen LogP contribution in [-0.2, 0) is 16.6 Å². The number of hydrogen-bond acceptors (Lipinski definition) is 0. The fraction of sp³-hybridized carbons (Fsp3) is 0.556. The van der Waals surface area contributed by atoms with Crippen molar-refractivity contribution in [3.63, 3.8) is 0 Å². The smallest absolute Gasteiger partial charge is 0.147 e. The van der Waals surface area contributed by atoms with Gasteiger partial charge < -0.3 is 0 Å². The Morgan fingerprint density at radius 2 is 1.52 bits per heavy atom. The molecule has 3 heteroatoms. The first kappa shape index (κ1) is 19.3. The van der Waals surface area contributed by atoms with E-state index < -0.39 is 16.6 Å². The van der Waals surface area contributed by atoms with E-state index in [0.29, 0.717) is 0 Å². The molecule has 2 atom stereocenters. The summed E-state index contributed by atoms with van der Waals surface area (Å²) in [5.74, 6) is 1.45. The molecule has 2 unspecified atom stereocenters. The predicted molar refractivity (Wildman–Crippen MR) is 95.4 cm³/mol. The minimum absolute atomic E-state index is 0. The molecule has 2 aliphatic carbocycles. The van der Waals surface area contributed by atoms with Gasteiger partial charge in [-0.3, -0.25) is 0 Å². The first-order chi connectivity index (χ1) is 8.88. The summed E-state index contributed by atoms with van der Waals surface area (Å²) in [6.45, 7) is 14.2. The molecule has 118 valence electrons. The maximum absolute atomic E-state index is 2.51. The molecular weight excluding hydrogens is 335 g/mol. The third-order valence-corrected chi connectivity index (χ3v) is 13.9. The molecule has 21 heavy (non-hydrogen) atoms. The number of allylic oxidation sites excluding steroid dienone is 8. The maximum atomic E-state index is 2.51. The topological polar surface area (TPSA) is 0 Å². The van der Waals surface area contributed by atoms with Crippen LogP contribution in [0.2, 0.25) is 9.45 Å². The molecule has 1 aliphatic heterocycles. The van der Waals surface area contributed by atoms with Crippen LogP contribution in [0, 0.1) is 11.8 Å². The van der Waals surface area contributed by atoms with Gasteiger partial charge in [-0.1, -0.05) is 0 Å². The Balaban J connectivity index is 0.00000110. The minimum Gasteiger partial charge on any atom is -0.147 e. The number of rotatable bonds is 2. The van der Waals surface area contributed by atoms with Crippen molar-refractivity contribution < 1.29 is 16.6 Å². The second kappa shape index (κ2) is 6.40. The van der Waals surface area contributed by atoms with Crippen LogP contribution < -0.4 is 0 Å². The van der Waals surface area contributed by atoms with E-state index in [9.17, 15) is 0 Å². The molecule has 0 nitrogen and oxygen atoms in total. The van der Waals surface area contributed by atoms with E-state index in [1.54, 1.807) is 31.7 Å². The van der Waals surface area contributed by atoms with Crippen LogP contribution in [-0.4, -0.2) is 0 Å². The molecule has 0 saturated carbocycles. The van der Waals surface area contributed by atoms with Gasteiger partial charge in [0.1, 0.15) is 0 Å². The van der Waals surface area contributed by atoms with E-state index in [4.69, 9.17) is 0 Å². The van der Waals surface area contributed by atoms with Crippen molar-refractivity contribution in [1.82, 2.24) is 0 Å². The van der Waals surface area contributed by atoms with E-state index >= 15 is 0 Å². The zero-order valence-corrected chi connectivity index (χ0v) is 17.2. The van der Waals surface area contributed by atoms with Gasteiger partial charge in [-0.2, -0.15) is 0 Å². The molecule has 0 aromatic heterocycles. The van der Waals surface area contributed by atoms with Gasteiger partial charge in [-0.05, 0) is 0 Å². The fourth-order valence-corrected chi connectivity index (χ4v) is 14.6. The third kappa shape index (κ3) is 2.78. The van der Waals surface area contributed by atoms with Gasteiger partial charge in [0.2, 0.25) is 0 Å². The monoisotopic (exact) mass is 362 g/mol. The Bertz CT molecular complexity index is 574. The summed E-state index contributed by atoms with van der Waals surface area (Å²) < 4.78 is 6.94. The van der Waals surface area contributed by atoms with Gasteiger partial charge in [0.25, 0.3) is 0 Å². The van der Waals surface area contributed by atoms with E-state index in [1.807, 2.05) is 7.76 Å². The quantitative estimate of drug-likeness (QED) is 0.487. The largest absolute Gasteiger partial charge is 0.147 e. The van der Waals surface area contributed by atoms with Crippen LogP contribution in [0.4, 0.5) is 0 Å². The second-order valence-electron chi connectivity index (χ2n) is 6.97. The number of halogens is 2. The molecule has 1 saturated heterocycles. The Hall–Kier alpha value is 0.254. The van der Waals surface area contributed by atoms with Gasteiger partial charge in [0.15, 0.2) is 0 Å². The number of hydrogen-bond donors (Lipinski definition) is 0. The molecule has 0 radical (unpaired) electrons. The molecule has 3 aliphatic rings. The van der Waals surface area contributed by atoms with Crippen molar-refractivity contribution in [2.45, 2.75) is 51.0 Å². The minimum atomic E-state index is -1.86. The van der Waals surface area contributed by atoms with Crippen LogP contribution in [0.15, 0.2) is 42.2 Å². The Morgan fingerprint density at radius 1 is 0.952 bits per heavy atom. The Kier molecular flexibility index (Phi) is 5.88. The van der Waals surface area contributed by atoms with Crippen LogP contribution in [0.1, 0.15) is 41.5 Å². The van der Waals surface area contributed by atoms with Gasteiger partial charge in [-0.25, -0.2) is 0 Å². The standard InChI is InChI=1S/2C8H11.C2H4.2ClH.Ti/c2*1-6-4-7(2)8(3)5-6;1-2;;;/h4,8H,1-3H3;4,6H,1-3H3;1-2H2;2*1H;. The first-order valence-electron chi connectivity index (χ1n) is 7.68. The summed E-state index contributed by atoms with van der Waals surface area (Å²) in [4.78, 5) is 0. The molecule has 0 aromatic carbocycles. The van der Waals surface area contributed by atoms with E-state index in [2.05, 4.69) is 53.7 Å². The van der Waals surface area contributed by atoms with Crippen molar-refractivity contribution >= 4 is 24.8 Å². The first-order valence-corrected chi connectivity index (χ1v) is 11.4. The van der Waals surface area contributed by atoms with Crippen molar-refractivity contribution in [2.75, 3.05) is 0 Å². The second-order valence-corrected chi connectivity index (χ2v) is 13.6. The van der Waals surface area contributed by atoms with Crippen molar-refractivity contribution in [3.05, 3.63) is 42.2 Å². The van der Waals surface area contributed by atoms with Crippen molar-refractivity contribution in [1.29, 1.82) is 0 Å². The van der Waals surface area contributed by atoms with Crippen LogP contribution in [0.3, 0.4) is 0 Å². The van der Waals surface area contributed by atoms with Crippen molar-refractivity contribution in [2.24, 2.45) is 11.8 Å². The maximum Gasteiger partial charge on any atom is -0.147 e. The molecule has 1 heterocycles. The van der Waals surface area contributed by atoms with Crippen LogP contribution in [0.25, 0.3) is 0 Å². The third-order valence-electron chi connectivity index (χ3n) is 5.72. The molecule has 0 aromatic rings. The van der Waals surface area contributed by atoms with Gasteiger partial charge in [0.05, 0.1) is 0 Å². The normalized spacial score (nSPS) is 29.8. The van der Waals surface area contributed by atoms with E-state index in [1.165, 1.54) is 0 Å². The molecule has 0 spiro atoms. The van der Waals surface area contributed by atoms with E-state index in [-0.39, 0.29) is 24.8 Å². The van der Waals surface area contributed by atoms with Crippen molar-refractivity contribution in [3.8, 4) is 0 Å². The average Bonchev–Trinajstić information content (AvgIpc) is 2.98. The molecule has 3 rings (SSSR count). The van der Waals surface area contributed by atoms with Gasteiger partial charge >= 0.3 is 122 Å². The molecule has 1 fully saturated rings. The van der Waals surface area contributed by atoms with E-state index in [0.717, 1.165) is 11.8 Å². The summed E-state index contributed by atoms with van der Waals surface area (Å²) in [5.41, 5.74) is 6.42.